The maximum absolute atomic E-state index is 11.2. The molecule has 2 heterocycles. The van der Waals surface area contributed by atoms with Gasteiger partial charge in [-0.3, -0.25) is 10.1 Å². The average Bonchev–Trinajstić information content (AvgIpc) is 2.73. The van der Waals surface area contributed by atoms with E-state index < -0.39 is 5.69 Å². The van der Waals surface area contributed by atoms with Crippen LogP contribution in [-0.2, 0) is 6.42 Å². The summed E-state index contributed by atoms with van der Waals surface area (Å²) >= 11 is 0. The molecular weight excluding hydrogens is 230 g/mol. The Morgan fingerprint density at radius 2 is 2.00 bits per heavy atom. The number of hydrogen-bond donors (Lipinski definition) is 3. The van der Waals surface area contributed by atoms with Gasteiger partial charge in [-0.15, -0.1) is 0 Å². The molecule has 90 valence electrons. The van der Waals surface area contributed by atoms with Crippen molar-refractivity contribution in [1.82, 2.24) is 20.2 Å². The van der Waals surface area contributed by atoms with Crippen molar-refractivity contribution in [3.63, 3.8) is 0 Å². The first-order valence-electron chi connectivity index (χ1n) is 5.51. The Labute approximate surface area is 102 Å². The molecule has 0 saturated heterocycles. The summed E-state index contributed by atoms with van der Waals surface area (Å²) in [7, 11) is 0. The number of aromatic amines is 2. The van der Waals surface area contributed by atoms with Gasteiger partial charge in [0.05, 0.1) is 11.1 Å². The predicted octanol–water partition coefficient (Wildman–Crippen LogP) is 0.819. The van der Waals surface area contributed by atoms with Crippen molar-refractivity contribution in [3.8, 4) is 0 Å². The Morgan fingerprint density at radius 3 is 2.78 bits per heavy atom. The first kappa shape index (κ1) is 10.5. The zero-order valence-corrected chi connectivity index (χ0v) is 9.47. The van der Waals surface area contributed by atoms with Crippen LogP contribution in [0.4, 0.5) is 5.82 Å². The van der Waals surface area contributed by atoms with Gasteiger partial charge in [0, 0.05) is 6.42 Å². The topological polar surface area (TPSA) is 100 Å². The number of fused-ring (bicyclic) bond motifs is 1. The van der Waals surface area contributed by atoms with Crippen LogP contribution >= 0.6 is 0 Å². The van der Waals surface area contributed by atoms with E-state index in [1.54, 1.807) is 0 Å². The van der Waals surface area contributed by atoms with Crippen molar-refractivity contribution >= 4 is 16.9 Å². The monoisotopic (exact) mass is 241 g/mol. The number of hydrogen-bond acceptors (Lipinski definition) is 4. The van der Waals surface area contributed by atoms with Gasteiger partial charge in [0.25, 0.3) is 0 Å². The Hall–Kier alpha value is -2.63. The van der Waals surface area contributed by atoms with Crippen molar-refractivity contribution in [2.24, 2.45) is 0 Å². The minimum absolute atomic E-state index is 0.202. The highest BCUT2D eigenvalue weighted by Crippen LogP contribution is 2.20. The quantitative estimate of drug-likeness (QED) is 0.618. The molecule has 18 heavy (non-hydrogen) atoms. The van der Waals surface area contributed by atoms with E-state index in [0.717, 1.165) is 11.3 Å². The molecule has 0 amide bonds. The first-order valence-corrected chi connectivity index (χ1v) is 5.51. The highest BCUT2D eigenvalue weighted by atomic mass is 16.1. The Morgan fingerprint density at radius 1 is 1.22 bits per heavy atom. The number of rotatable bonds is 2. The molecule has 0 atom stereocenters. The van der Waals surface area contributed by atoms with Crippen LogP contribution < -0.4 is 11.4 Å². The molecule has 3 aromatic rings. The smallest absolute Gasteiger partial charge is 0.348 e. The average molecular weight is 241 g/mol. The number of nitrogen functional groups attached to an aromatic ring is 1. The van der Waals surface area contributed by atoms with Gasteiger partial charge < -0.3 is 5.73 Å². The van der Waals surface area contributed by atoms with Gasteiger partial charge in [0.2, 0.25) is 0 Å². The number of anilines is 1. The van der Waals surface area contributed by atoms with Crippen LogP contribution in [0.3, 0.4) is 0 Å². The van der Waals surface area contributed by atoms with Crippen molar-refractivity contribution in [2.75, 3.05) is 5.73 Å². The zero-order chi connectivity index (χ0) is 12.5. The fourth-order valence-electron chi connectivity index (χ4n) is 1.97. The summed E-state index contributed by atoms with van der Waals surface area (Å²) in [6.07, 6.45) is 0.662. The van der Waals surface area contributed by atoms with Gasteiger partial charge in [-0.25, -0.2) is 4.79 Å². The van der Waals surface area contributed by atoms with E-state index in [0.29, 0.717) is 17.5 Å². The molecule has 0 radical (unpaired) electrons. The van der Waals surface area contributed by atoms with E-state index in [9.17, 15) is 4.79 Å². The third-order valence-corrected chi connectivity index (χ3v) is 2.77. The van der Waals surface area contributed by atoms with Gasteiger partial charge in [0.1, 0.15) is 5.82 Å². The van der Waals surface area contributed by atoms with Crippen molar-refractivity contribution in [1.29, 1.82) is 0 Å². The summed E-state index contributed by atoms with van der Waals surface area (Å²) in [6, 6.07) is 9.93. The molecule has 0 bridgehead atoms. The van der Waals surface area contributed by atoms with Crippen molar-refractivity contribution < 1.29 is 0 Å². The minimum Gasteiger partial charge on any atom is -0.383 e. The van der Waals surface area contributed by atoms with Crippen LogP contribution in [0.25, 0.3) is 11.0 Å². The van der Waals surface area contributed by atoms with Gasteiger partial charge in [-0.1, -0.05) is 30.3 Å². The van der Waals surface area contributed by atoms with Gasteiger partial charge in [-0.2, -0.15) is 10.1 Å². The lowest BCUT2D eigenvalue weighted by Gasteiger charge is -2.00. The van der Waals surface area contributed by atoms with Gasteiger partial charge in [-0.05, 0) is 5.56 Å². The molecule has 0 aliphatic carbocycles. The highest BCUT2D eigenvalue weighted by molar-refractivity contribution is 5.87. The maximum atomic E-state index is 11.2. The Kier molecular flexibility index (Phi) is 2.33. The summed E-state index contributed by atoms with van der Waals surface area (Å²) in [5, 5.41) is 7.61. The molecular formula is C12H11N5O. The van der Waals surface area contributed by atoms with Crippen LogP contribution in [0.2, 0.25) is 0 Å². The summed E-state index contributed by atoms with van der Waals surface area (Å²) in [4.78, 5) is 17.4. The predicted molar refractivity (Wildman–Crippen MR) is 68.2 cm³/mol. The first-order chi connectivity index (χ1) is 8.74. The highest BCUT2D eigenvalue weighted by Gasteiger charge is 2.11. The van der Waals surface area contributed by atoms with Crippen molar-refractivity contribution in [3.05, 3.63) is 52.1 Å². The Balaban J connectivity index is 2.11. The minimum atomic E-state index is -0.488. The van der Waals surface area contributed by atoms with E-state index in [4.69, 9.17) is 5.73 Å². The second kappa shape index (κ2) is 3.99. The molecule has 1 aromatic carbocycles. The number of benzene rings is 1. The third kappa shape index (κ3) is 1.73. The standard InChI is InChI=1S/C12H11N5O/c13-10-9-8(6-7-4-2-1-3-5-7)16-17-11(9)15-12(18)14-10/h1-5H,6H2,(H4,13,14,15,16,17,18). The normalized spacial score (nSPS) is 10.9. The molecule has 6 nitrogen and oxygen atoms in total. The van der Waals surface area contributed by atoms with Gasteiger partial charge >= 0.3 is 5.69 Å². The number of nitrogens with one attached hydrogen (secondary N) is 2. The third-order valence-electron chi connectivity index (χ3n) is 2.77. The lowest BCUT2D eigenvalue weighted by molar-refractivity contribution is 1.00. The van der Waals surface area contributed by atoms with Crippen LogP contribution in [-0.4, -0.2) is 20.2 Å². The molecule has 0 unspecified atom stereocenters. The largest absolute Gasteiger partial charge is 0.383 e. The molecule has 6 heteroatoms. The Bertz CT molecular complexity index is 744. The summed E-state index contributed by atoms with van der Waals surface area (Å²) < 4.78 is 0. The van der Waals surface area contributed by atoms with E-state index in [-0.39, 0.29) is 5.82 Å². The summed E-state index contributed by atoms with van der Waals surface area (Å²) in [6.45, 7) is 0. The number of nitrogens with zero attached hydrogens (tertiary/aromatic N) is 2. The van der Waals surface area contributed by atoms with E-state index >= 15 is 0 Å². The maximum Gasteiger partial charge on any atom is 0.348 e. The van der Waals surface area contributed by atoms with Crippen LogP contribution in [0.1, 0.15) is 11.3 Å². The number of aromatic nitrogens is 4. The zero-order valence-electron chi connectivity index (χ0n) is 9.47. The van der Waals surface area contributed by atoms with Crippen LogP contribution in [0.5, 0.6) is 0 Å². The van der Waals surface area contributed by atoms with E-state index in [1.165, 1.54) is 0 Å². The second-order valence-electron chi connectivity index (χ2n) is 4.02. The van der Waals surface area contributed by atoms with Gasteiger partial charge in [0.15, 0.2) is 5.65 Å². The SMILES string of the molecule is Nc1nc(=O)[nH]c2n[nH]c(Cc3ccccc3)c12. The summed E-state index contributed by atoms with van der Waals surface area (Å²) in [5.41, 5.74) is 7.70. The fraction of sp³-hybridized carbons (Fsp3) is 0.0833. The molecule has 0 fully saturated rings. The van der Waals surface area contributed by atoms with Crippen LogP contribution in [0.15, 0.2) is 35.1 Å². The lowest BCUT2D eigenvalue weighted by Crippen LogP contribution is -2.12. The van der Waals surface area contributed by atoms with Crippen LogP contribution in [0, 0.1) is 0 Å². The number of nitrogens with two attached hydrogens (primary N) is 1. The van der Waals surface area contributed by atoms with Crippen molar-refractivity contribution in [2.45, 2.75) is 6.42 Å². The van der Waals surface area contributed by atoms with E-state index in [2.05, 4.69) is 20.2 Å². The molecule has 0 saturated carbocycles. The molecule has 0 spiro atoms. The van der Waals surface area contributed by atoms with E-state index in [1.807, 2.05) is 30.3 Å². The molecule has 0 aliphatic rings. The molecule has 3 rings (SSSR count). The lowest BCUT2D eigenvalue weighted by atomic mass is 10.1. The summed E-state index contributed by atoms with van der Waals surface area (Å²) in [5.74, 6) is 0.202. The molecule has 0 aliphatic heterocycles. The molecule has 4 N–H and O–H groups in total. The fourth-order valence-corrected chi connectivity index (χ4v) is 1.97. The number of H-pyrrole nitrogens is 2. The molecule has 2 aromatic heterocycles. The second-order valence-corrected chi connectivity index (χ2v) is 4.02.